The molecule has 0 aliphatic heterocycles. The number of sulfonamides is 1. The van der Waals surface area contributed by atoms with Crippen molar-refractivity contribution in [3.63, 3.8) is 0 Å². The lowest BCUT2D eigenvalue weighted by Crippen LogP contribution is -2.41. The van der Waals surface area contributed by atoms with Gasteiger partial charge in [0.15, 0.2) is 0 Å². The van der Waals surface area contributed by atoms with E-state index in [2.05, 4.69) is 5.32 Å². The van der Waals surface area contributed by atoms with E-state index < -0.39 is 15.9 Å². The molecule has 0 aliphatic carbocycles. The van der Waals surface area contributed by atoms with Crippen LogP contribution in [0.4, 0.5) is 5.69 Å². The van der Waals surface area contributed by atoms with Gasteiger partial charge < -0.3 is 10.1 Å². The Morgan fingerprint density at radius 2 is 1.89 bits per heavy atom. The van der Waals surface area contributed by atoms with E-state index in [0.717, 1.165) is 27.3 Å². The second-order valence-corrected chi connectivity index (χ2v) is 9.08. The first kappa shape index (κ1) is 22.0. The Hall–Kier alpha value is -2.25. The number of anilines is 1. The van der Waals surface area contributed by atoms with E-state index in [0.29, 0.717) is 10.8 Å². The molecular formula is C20H25ClN2O4S. The standard InChI is InChI=1S/C20H25ClN2O4S/c1-13-6-8-17(14(2)10-13)15(3)22-20(24)12-23(28(5,25)26)18-11-16(21)7-9-19(18)27-4/h6-11,15H,12H2,1-5H3,(H,22,24)/t15-/m1/s1. The Balaban J connectivity index is 2.26. The fourth-order valence-corrected chi connectivity index (χ4v) is 4.06. The first-order valence-electron chi connectivity index (χ1n) is 8.70. The molecule has 0 saturated heterocycles. The van der Waals surface area contributed by atoms with E-state index in [-0.39, 0.29) is 18.3 Å². The van der Waals surface area contributed by atoms with Gasteiger partial charge in [-0.1, -0.05) is 35.4 Å². The number of rotatable bonds is 7. The number of carbonyl (C=O) groups is 1. The van der Waals surface area contributed by atoms with E-state index in [9.17, 15) is 13.2 Å². The fraction of sp³-hybridized carbons (Fsp3) is 0.350. The van der Waals surface area contributed by atoms with Crippen LogP contribution in [0.3, 0.4) is 0 Å². The maximum absolute atomic E-state index is 12.6. The largest absolute Gasteiger partial charge is 0.495 e. The molecule has 1 amide bonds. The summed E-state index contributed by atoms with van der Waals surface area (Å²) in [5, 5.41) is 3.20. The van der Waals surface area contributed by atoms with Crippen LogP contribution in [0.15, 0.2) is 36.4 Å². The van der Waals surface area contributed by atoms with Gasteiger partial charge in [0, 0.05) is 5.02 Å². The predicted molar refractivity (Wildman–Crippen MR) is 113 cm³/mol. The molecule has 2 aromatic rings. The molecule has 0 unspecified atom stereocenters. The second kappa shape index (κ2) is 8.84. The number of hydrogen-bond acceptors (Lipinski definition) is 4. The number of ether oxygens (including phenoxy) is 1. The molecule has 0 radical (unpaired) electrons. The number of hydrogen-bond donors (Lipinski definition) is 1. The summed E-state index contributed by atoms with van der Waals surface area (Å²) < 4.78 is 30.9. The molecule has 2 aromatic carbocycles. The number of nitrogens with zero attached hydrogens (tertiary/aromatic N) is 1. The maximum Gasteiger partial charge on any atom is 0.241 e. The molecule has 2 rings (SSSR count). The minimum Gasteiger partial charge on any atom is -0.495 e. The lowest BCUT2D eigenvalue weighted by Gasteiger charge is -2.25. The Morgan fingerprint density at radius 1 is 1.21 bits per heavy atom. The Kier molecular flexibility index (Phi) is 6.96. The molecule has 28 heavy (non-hydrogen) atoms. The highest BCUT2D eigenvalue weighted by molar-refractivity contribution is 7.92. The van der Waals surface area contributed by atoms with Gasteiger partial charge in [-0.2, -0.15) is 0 Å². The molecule has 1 atom stereocenters. The van der Waals surface area contributed by atoms with Gasteiger partial charge in [0.1, 0.15) is 12.3 Å². The smallest absolute Gasteiger partial charge is 0.241 e. The van der Waals surface area contributed by atoms with Crippen LogP contribution in [0.2, 0.25) is 5.02 Å². The van der Waals surface area contributed by atoms with Gasteiger partial charge in [0.25, 0.3) is 0 Å². The van der Waals surface area contributed by atoms with Crippen LogP contribution in [-0.4, -0.2) is 34.2 Å². The number of methoxy groups -OCH3 is 1. The third kappa shape index (κ3) is 5.39. The Labute approximate surface area is 171 Å². The number of amides is 1. The van der Waals surface area contributed by atoms with Crippen LogP contribution in [0.5, 0.6) is 5.75 Å². The first-order chi connectivity index (χ1) is 13.0. The molecule has 0 aliphatic rings. The number of nitrogens with one attached hydrogen (secondary N) is 1. The zero-order valence-corrected chi connectivity index (χ0v) is 18.2. The summed E-state index contributed by atoms with van der Waals surface area (Å²) in [4.78, 5) is 12.6. The van der Waals surface area contributed by atoms with Crippen LogP contribution >= 0.6 is 11.6 Å². The number of aryl methyl sites for hydroxylation is 2. The predicted octanol–water partition coefficient (Wildman–Crippen LogP) is 3.61. The van der Waals surface area contributed by atoms with E-state index in [1.165, 1.54) is 13.2 Å². The van der Waals surface area contributed by atoms with E-state index in [1.807, 2.05) is 39.0 Å². The highest BCUT2D eigenvalue weighted by atomic mass is 35.5. The molecule has 0 spiro atoms. The van der Waals surface area contributed by atoms with Crippen molar-refractivity contribution < 1.29 is 17.9 Å². The van der Waals surface area contributed by atoms with Crippen molar-refractivity contribution in [3.8, 4) is 5.75 Å². The summed E-state index contributed by atoms with van der Waals surface area (Å²) in [6.45, 7) is 5.46. The first-order valence-corrected chi connectivity index (χ1v) is 10.9. The molecule has 0 saturated carbocycles. The normalized spacial score (nSPS) is 12.4. The summed E-state index contributed by atoms with van der Waals surface area (Å²) in [6.07, 6.45) is 1.04. The third-order valence-corrected chi connectivity index (χ3v) is 5.73. The van der Waals surface area contributed by atoms with Crippen molar-refractivity contribution in [1.82, 2.24) is 5.32 Å². The monoisotopic (exact) mass is 424 g/mol. The van der Waals surface area contributed by atoms with Crippen molar-refractivity contribution >= 4 is 33.2 Å². The van der Waals surface area contributed by atoms with Gasteiger partial charge in [-0.15, -0.1) is 0 Å². The van der Waals surface area contributed by atoms with E-state index in [1.54, 1.807) is 12.1 Å². The maximum atomic E-state index is 12.6. The molecule has 152 valence electrons. The van der Waals surface area contributed by atoms with Crippen molar-refractivity contribution in [2.24, 2.45) is 0 Å². The van der Waals surface area contributed by atoms with E-state index >= 15 is 0 Å². The molecule has 0 bridgehead atoms. The van der Waals surface area contributed by atoms with Gasteiger partial charge in [-0.3, -0.25) is 9.10 Å². The van der Waals surface area contributed by atoms with Crippen molar-refractivity contribution in [1.29, 1.82) is 0 Å². The third-order valence-electron chi connectivity index (χ3n) is 4.37. The fourth-order valence-electron chi connectivity index (χ4n) is 3.05. The molecule has 1 N–H and O–H groups in total. The number of benzene rings is 2. The highest BCUT2D eigenvalue weighted by Gasteiger charge is 2.25. The molecule has 8 heteroatoms. The molecule has 0 aromatic heterocycles. The van der Waals surface area contributed by atoms with E-state index in [4.69, 9.17) is 16.3 Å². The van der Waals surface area contributed by atoms with Crippen LogP contribution in [-0.2, 0) is 14.8 Å². The minimum atomic E-state index is -3.74. The zero-order valence-electron chi connectivity index (χ0n) is 16.6. The Morgan fingerprint density at radius 3 is 2.46 bits per heavy atom. The molecule has 6 nitrogen and oxygen atoms in total. The summed E-state index contributed by atoms with van der Waals surface area (Å²) >= 11 is 6.02. The number of carbonyl (C=O) groups excluding carboxylic acids is 1. The lowest BCUT2D eigenvalue weighted by atomic mass is 10.0. The Bertz CT molecular complexity index is 976. The minimum absolute atomic E-state index is 0.215. The zero-order chi connectivity index (χ0) is 21.1. The topological polar surface area (TPSA) is 75.7 Å². The summed E-state index contributed by atoms with van der Waals surface area (Å²) in [5.74, 6) is -0.120. The average Bonchev–Trinajstić information content (AvgIpc) is 2.58. The molecule has 0 heterocycles. The molecular weight excluding hydrogens is 400 g/mol. The summed E-state index contributed by atoms with van der Waals surface area (Å²) in [7, 11) is -2.32. The quantitative estimate of drug-likeness (QED) is 0.736. The van der Waals surface area contributed by atoms with Crippen LogP contribution < -0.4 is 14.4 Å². The van der Waals surface area contributed by atoms with Crippen molar-refractivity contribution in [2.75, 3.05) is 24.2 Å². The van der Waals surface area contributed by atoms with Crippen molar-refractivity contribution in [3.05, 3.63) is 58.1 Å². The van der Waals surface area contributed by atoms with Crippen LogP contribution in [0.1, 0.15) is 29.7 Å². The SMILES string of the molecule is COc1ccc(Cl)cc1N(CC(=O)N[C@H](C)c1ccc(C)cc1C)S(C)(=O)=O. The van der Waals surface area contributed by atoms with Crippen molar-refractivity contribution in [2.45, 2.75) is 26.8 Å². The van der Waals surface area contributed by atoms with Gasteiger partial charge >= 0.3 is 0 Å². The van der Waals surface area contributed by atoms with Gasteiger partial charge in [0.2, 0.25) is 15.9 Å². The van der Waals surface area contributed by atoms with Crippen LogP contribution in [0.25, 0.3) is 0 Å². The summed E-state index contributed by atoms with van der Waals surface area (Å²) in [5.41, 5.74) is 3.39. The van der Waals surface area contributed by atoms with Gasteiger partial charge in [-0.05, 0) is 50.1 Å². The van der Waals surface area contributed by atoms with Crippen LogP contribution in [0, 0.1) is 13.8 Å². The molecule has 0 fully saturated rings. The average molecular weight is 425 g/mol. The second-order valence-electron chi connectivity index (χ2n) is 6.74. The highest BCUT2D eigenvalue weighted by Crippen LogP contribution is 2.32. The van der Waals surface area contributed by atoms with Gasteiger partial charge in [0.05, 0.1) is 25.1 Å². The number of halogens is 1. The summed E-state index contributed by atoms with van der Waals surface area (Å²) in [6, 6.07) is 10.3. The lowest BCUT2D eigenvalue weighted by molar-refractivity contribution is -0.120. The van der Waals surface area contributed by atoms with Gasteiger partial charge in [-0.25, -0.2) is 8.42 Å².